The second-order valence-electron chi connectivity index (χ2n) is 8.59. The first-order valence-corrected chi connectivity index (χ1v) is 12.6. The molecule has 2 aliphatic rings. The molecule has 2 amide bonds. The molecule has 2 aliphatic heterocycles. The average Bonchev–Trinajstić information content (AvgIpc) is 3.25. The van der Waals surface area contributed by atoms with Crippen LogP contribution in [0, 0.1) is 23.0 Å². The third-order valence-corrected chi connectivity index (χ3v) is 7.77. The van der Waals surface area contributed by atoms with Crippen molar-refractivity contribution in [2.24, 2.45) is 0 Å². The van der Waals surface area contributed by atoms with Gasteiger partial charge in [-0.2, -0.15) is 5.26 Å². The summed E-state index contributed by atoms with van der Waals surface area (Å²) in [6, 6.07) is 5.27. The number of carbonyl (C=O) groups is 2. The van der Waals surface area contributed by atoms with E-state index in [1.807, 2.05) is 6.07 Å². The highest BCUT2D eigenvalue weighted by Crippen LogP contribution is 2.47. The van der Waals surface area contributed by atoms with E-state index in [4.69, 9.17) is 22.1 Å². The van der Waals surface area contributed by atoms with Gasteiger partial charge in [0.05, 0.1) is 27.4 Å². The number of nitrogen functional groups attached to an aromatic ring is 1. The number of fused-ring (bicyclic) bond motifs is 3. The van der Waals surface area contributed by atoms with Crippen LogP contribution in [0.25, 0.3) is 21.2 Å². The third-order valence-electron chi connectivity index (χ3n) is 6.38. The summed E-state index contributed by atoms with van der Waals surface area (Å²) >= 11 is 7.47. The number of hydrogen-bond acceptors (Lipinski definition) is 6. The number of alkyl halides is 2. The number of nitriles is 1. The molecule has 0 radical (unpaired) electrons. The molecule has 0 saturated carbocycles. The highest BCUT2D eigenvalue weighted by atomic mass is 35.5. The lowest BCUT2D eigenvalue weighted by molar-refractivity contribution is -0.126. The van der Waals surface area contributed by atoms with Crippen molar-refractivity contribution in [3.05, 3.63) is 69.9 Å². The predicted octanol–water partition coefficient (Wildman–Crippen LogP) is 5.34. The molecule has 0 spiro atoms. The number of amides is 2. The number of rotatable bonds is 3. The minimum absolute atomic E-state index is 0.0212. The van der Waals surface area contributed by atoms with Crippen molar-refractivity contribution in [2.45, 2.75) is 6.43 Å². The zero-order valence-corrected chi connectivity index (χ0v) is 21.4. The van der Waals surface area contributed by atoms with Gasteiger partial charge >= 0.3 is 0 Å². The minimum Gasteiger partial charge on any atom is -0.487 e. The zero-order valence-electron chi connectivity index (χ0n) is 19.8. The largest absolute Gasteiger partial charge is 0.487 e. The Bertz CT molecular complexity index is 1650. The third kappa shape index (κ3) is 4.57. The van der Waals surface area contributed by atoms with E-state index in [1.54, 1.807) is 6.08 Å². The fraction of sp³-hybridized carbons (Fsp3) is 0.192. The smallest absolute Gasteiger partial charge is 0.262 e. The van der Waals surface area contributed by atoms with Gasteiger partial charge in [-0.15, -0.1) is 11.3 Å². The Morgan fingerprint density at radius 1 is 1.23 bits per heavy atom. The maximum Gasteiger partial charge on any atom is 0.262 e. The molecule has 1 saturated heterocycles. The van der Waals surface area contributed by atoms with E-state index in [0.29, 0.717) is 11.8 Å². The van der Waals surface area contributed by atoms with Crippen LogP contribution in [0.2, 0.25) is 5.02 Å². The number of hydrogen-bond donors (Lipinski definition) is 1. The molecule has 13 heteroatoms. The Labute approximate surface area is 227 Å². The summed E-state index contributed by atoms with van der Waals surface area (Å²) in [7, 11) is 0. The molecule has 1 aromatic heterocycles. The van der Waals surface area contributed by atoms with Gasteiger partial charge < -0.3 is 20.3 Å². The van der Waals surface area contributed by atoms with Crippen molar-refractivity contribution < 1.29 is 31.9 Å². The summed E-state index contributed by atoms with van der Waals surface area (Å²) in [4.78, 5) is 28.4. The average molecular weight is 577 g/mol. The van der Waals surface area contributed by atoms with E-state index in [1.165, 1.54) is 15.9 Å². The second-order valence-corrected chi connectivity index (χ2v) is 10.0. The Morgan fingerprint density at radius 3 is 2.72 bits per heavy atom. The highest BCUT2D eigenvalue weighted by Gasteiger charge is 2.34. The molecular formula is C26H17ClF4N4O3S. The summed E-state index contributed by atoms with van der Waals surface area (Å²) in [6.45, 7) is -0.0730. The van der Waals surface area contributed by atoms with E-state index in [-0.39, 0.29) is 74.4 Å². The number of thiophene rings is 1. The summed E-state index contributed by atoms with van der Waals surface area (Å²) < 4.78 is 60.9. The zero-order chi connectivity index (χ0) is 28.0. The molecule has 0 unspecified atom stereocenters. The number of benzene rings is 2. The van der Waals surface area contributed by atoms with Crippen molar-refractivity contribution in [1.29, 1.82) is 5.26 Å². The standard InChI is InChI=1S/C26H17ClF4N4O3S/c27-22-21(13-1-2-16(28)24-20(13)15(10-32)25(33)39-24)17(29)9-14-23(22)38-8-5-12-11-34(6-7-35(12)26(14)37)19(36)4-3-18(30)31/h1-5,9,18H,6-8,11,33H2/b4-3+,12-5-. The van der Waals surface area contributed by atoms with Crippen LogP contribution in [0.4, 0.5) is 22.6 Å². The Balaban J connectivity index is 1.55. The Morgan fingerprint density at radius 2 is 2.00 bits per heavy atom. The molecule has 0 aliphatic carbocycles. The number of carbonyl (C=O) groups excluding carboxylic acids is 2. The molecule has 5 rings (SSSR count). The van der Waals surface area contributed by atoms with Gasteiger partial charge in [-0.05, 0) is 29.8 Å². The molecule has 1 fully saturated rings. The molecule has 7 nitrogen and oxygen atoms in total. The Hall–Kier alpha value is -4.08. The number of anilines is 1. The van der Waals surface area contributed by atoms with Crippen molar-refractivity contribution in [2.75, 3.05) is 32.0 Å². The number of ether oxygens (including phenoxy) is 1. The van der Waals surface area contributed by atoms with E-state index in [0.717, 1.165) is 29.5 Å². The lowest BCUT2D eigenvalue weighted by Crippen LogP contribution is -2.49. The first-order valence-electron chi connectivity index (χ1n) is 11.4. The predicted molar refractivity (Wildman–Crippen MR) is 138 cm³/mol. The van der Waals surface area contributed by atoms with Crippen LogP contribution in [0.5, 0.6) is 5.75 Å². The van der Waals surface area contributed by atoms with E-state index >= 15 is 4.39 Å². The maximum absolute atomic E-state index is 15.7. The van der Waals surface area contributed by atoms with Crippen LogP contribution in [0.15, 0.2) is 42.1 Å². The van der Waals surface area contributed by atoms with Crippen LogP contribution in [0.3, 0.4) is 0 Å². The van der Waals surface area contributed by atoms with Crippen LogP contribution in [0.1, 0.15) is 15.9 Å². The SMILES string of the molecule is N#Cc1c(N)sc2c(F)ccc(-c3c(F)cc4c(c3Cl)OC/C=C3/CN(C(=O)/C=C/C(F)F)CCN3C4=O)c12. The van der Waals surface area contributed by atoms with Crippen LogP contribution in [-0.4, -0.2) is 54.3 Å². The maximum atomic E-state index is 15.7. The molecule has 2 N–H and O–H groups in total. The monoisotopic (exact) mass is 576 g/mol. The molecule has 39 heavy (non-hydrogen) atoms. The van der Waals surface area contributed by atoms with Gasteiger partial charge in [-0.1, -0.05) is 17.7 Å². The van der Waals surface area contributed by atoms with Gasteiger partial charge in [-0.25, -0.2) is 17.6 Å². The normalized spacial score (nSPS) is 16.8. The number of nitrogens with two attached hydrogens (primary N) is 1. The van der Waals surface area contributed by atoms with Crippen molar-refractivity contribution >= 4 is 49.8 Å². The molecule has 200 valence electrons. The highest BCUT2D eigenvalue weighted by molar-refractivity contribution is 7.23. The number of nitrogens with zero attached hydrogens (tertiary/aromatic N) is 3. The van der Waals surface area contributed by atoms with Crippen molar-refractivity contribution in [3.8, 4) is 22.9 Å². The molecule has 0 bridgehead atoms. The molecule has 3 aromatic rings. The van der Waals surface area contributed by atoms with E-state index in [2.05, 4.69) is 0 Å². The van der Waals surface area contributed by atoms with Crippen molar-refractivity contribution in [3.63, 3.8) is 0 Å². The fourth-order valence-electron chi connectivity index (χ4n) is 4.60. The topological polar surface area (TPSA) is 99.7 Å². The number of allylic oxidation sites excluding steroid dienone is 1. The van der Waals surface area contributed by atoms with Gasteiger partial charge in [-0.3, -0.25) is 9.59 Å². The van der Waals surface area contributed by atoms with Gasteiger partial charge in [0.25, 0.3) is 12.3 Å². The Kier molecular flexibility index (Phi) is 6.96. The summed E-state index contributed by atoms with van der Waals surface area (Å²) in [5.74, 6) is -2.93. The van der Waals surface area contributed by atoms with Crippen LogP contribution >= 0.6 is 22.9 Å². The number of piperazine rings is 1. The van der Waals surface area contributed by atoms with Gasteiger partial charge in [0.1, 0.15) is 29.3 Å². The fourth-order valence-corrected chi connectivity index (χ4v) is 5.90. The van der Waals surface area contributed by atoms with Crippen LogP contribution in [-0.2, 0) is 4.79 Å². The molecule has 2 aromatic carbocycles. The summed E-state index contributed by atoms with van der Waals surface area (Å²) in [5, 5.41) is 9.52. The van der Waals surface area contributed by atoms with E-state index < -0.39 is 29.9 Å². The minimum atomic E-state index is -2.78. The van der Waals surface area contributed by atoms with Crippen molar-refractivity contribution in [1.82, 2.24) is 9.80 Å². The first kappa shape index (κ1) is 26.5. The lowest BCUT2D eigenvalue weighted by Gasteiger charge is -2.37. The molecule has 3 heterocycles. The quantitative estimate of drug-likeness (QED) is 0.335. The van der Waals surface area contributed by atoms with Gasteiger partial charge in [0.15, 0.2) is 5.75 Å². The molecule has 0 atom stereocenters. The summed E-state index contributed by atoms with van der Waals surface area (Å²) in [6.07, 6.45) is 0.0214. The van der Waals surface area contributed by atoms with Gasteiger partial charge in [0.2, 0.25) is 5.91 Å². The number of halogens is 5. The first-order chi connectivity index (χ1) is 18.6. The second kappa shape index (κ2) is 10.2. The molecular weight excluding hydrogens is 560 g/mol. The van der Waals surface area contributed by atoms with Gasteiger partial charge in [0, 0.05) is 35.8 Å². The van der Waals surface area contributed by atoms with Crippen LogP contribution < -0.4 is 10.5 Å². The lowest BCUT2D eigenvalue weighted by atomic mass is 9.96. The summed E-state index contributed by atoms with van der Waals surface area (Å²) in [5.41, 5.74) is 6.01. The van der Waals surface area contributed by atoms with E-state index in [9.17, 15) is 28.0 Å².